The second kappa shape index (κ2) is 7.76. The van der Waals surface area contributed by atoms with Gasteiger partial charge >= 0.3 is 0 Å². The Bertz CT molecular complexity index is 665. The fourth-order valence-corrected chi connectivity index (χ4v) is 2.81. The standard InChI is InChI=1S/C16H21N5O3/c1-23-13-6-8-14(9-7-13)24-11-16(22)17-10-15-18-19-20-21(15)12-4-2-3-5-12/h6-9,12H,2-5,10-11H2,1H3,(H,17,22). The number of rotatable bonds is 7. The Morgan fingerprint density at radius 3 is 2.67 bits per heavy atom. The van der Waals surface area contributed by atoms with Gasteiger partial charge in [-0.15, -0.1) is 5.10 Å². The topological polar surface area (TPSA) is 91.2 Å². The molecule has 1 heterocycles. The number of aromatic nitrogens is 4. The van der Waals surface area contributed by atoms with Crippen LogP contribution in [0.25, 0.3) is 0 Å². The molecule has 128 valence electrons. The number of amides is 1. The third-order valence-electron chi connectivity index (χ3n) is 4.10. The minimum atomic E-state index is -0.216. The molecule has 8 nitrogen and oxygen atoms in total. The van der Waals surface area contributed by atoms with Crippen molar-refractivity contribution in [1.82, 2.24) is 25.5 Å². The average molecular weight is 331 g/mol. The van der Waals surface area contributed by atoms with Crippen molar-refractivity contribution in [1.29, 1.82) is 0 Å². The number of carbonyl (C=O) groups excluding carboxylic acids is 1. The van der Waals surface area contributed by atoms with Crippen LogP contribution < -0.4 is 14.8 Å². The molecule has 1 saturated carbocycles. The minimum Gasteiger partial charge on any atom is -0.497 e. The van der Waals surface area contributed by atoms with E-state index >= 15 is 0 Å². The Labute approximate surface area is 140 Å². The highest BCUT2D eigenvalue weighted by atomic mass is 16.5. The molecule has 1 aliphatic rings. The van der Waals surface area contributed by atoms with Crippen LogP contribution in [0.15, 0.2) is 24.3 Å². The Balaban J connectivity index is 1.46. The maximum absolute atomic E-state index is 11.9. The molecule has 8 heteroatoms. The van der Waals surface area contributed by atoms with Gasteiger partial charge in [0.2, 0.25) is 0 Å². The zero-order valence-electron chi connectivity index (χ0n) is 13.6. The Kier molecular flexibility index (Phi) is 5.25. The smallest absolute Gasteiger partial charge is 0.258 e. The monoisotopic (exact) mass is 331 g/mol. The third kappa shape index (κ3) is 4.01. The van der Waals surface area contributed by atoms with E-state index in [2.05, 4.69) is 20.8 Å². The summed E-state index contributed by atoms with van der Waals surface area (Å²) in [5.74, 6) is 1.82. The maximum Gasteiger partial charge on any atom is 0.258 e. The van der Waals surface area contributed by atoms with Crippen molar-refractivity contribution < 1.29 is 14.3 Å². The van der Waals surface area contributed by atoms with E-state index in [4.69, 9.17) is 9.47 Å². The van der Waals surface area contributed by atoms with Crippen LogP contribution in [0.4, 0.5) is 0 Å². The zero-order valence-corrected chi connectivity index (χ0v) is 13.6. The molecule has 0 unspecified atom stereocenters. The maximum atomic E-state index is 11.9. The molecule has 24 heavy (non-hydrogen) atoms. The first-order chi connectivity index (χ1) is 11.8. The molecule has 1 amide bonds. The number of methoxy groups -OCH3 is 1. The van der Waals surface area contributed by atoms with Crippen molar-refractivity contribution in [2.45, 2.75) is 38.3 Å². The average Bonchev–Trinajstić information content (AvgIpc) is 3.29. The van der Waals surface area contributed by atoms with Crippen LogP contribution in [0, 0.1) is 0 Å². The van der Waals surface area contributed by atoms with Crippen LogP contribution in [0.5, 0.6) is 11.5 Å². The molecule has 1 aliphatic carbocycles. The van der Waals surface area contributed by atoms with Crippen molar-refractivity contribution in [3.05, 3.63) is 30.1 Å². The summed E-state index contributed by atoms with van der Waals surface area (Å²) < 4.78 is 12.3. The van der Waals surface area contributed by atoms with E-state index in [1.54, 1.807) is 31.4 Å². The van der Waals surface area contributed by atoms with E-state index in [0.29, 0.717) is 24.2 Å². The van der Waals surface area contributed by atoms with Crippen LogP contribution in [0.1, 0.15) is 37.5 Å². The molecule has 0 atom stereocenters. The number of hydrogen-bond donors (Lipinski definition) is 1. The summed E-state index contributed by atoms with van der Waals surface area (Å²) in [6.07, 6.45) is 4.58. The molecule has 0 saturated heterocycles. The first-order valence-electron chi connectivity index (χ1n) is 8.06. The number of hydrogen-bond acceptors (Lipinski definition) is 6. The van der Waals surface area contributed by atoms with Crippen LogP contribution in [0.2, 0.25) is 0 Å². The second-order valence-corrected chi connectivity index (χ2v) is 5.72. The SMILES string of the molecule is COc1ccc(OCC(=O)NCc2nnnn2C2CCCC2)cc1. The molecule has 3 rings (SSSR count). The van der Waals surface area contributed by atoms with Crippen molar-refractivity contribution in [2.24, 2.45) is 0 Å². The van der Waals surface area contributed by atoms with Gasteiger partial charge in [0, 0.05) is 0 Å². The summed E-state index contributed by atoms with van der Waals surface area (Å²) >= 11 is 0. The van der Waals surface area contributed by atoms with Gasteiger partial charge in [-0.1, -0.05) is 12.8 Å². The molecule has 0 aliphatic heterocycles. The van der Waals surface area contributed by atoms with E-state index in [1.807, 2.05) is 4.68 Å². The van der Waals surface area contributed by atoms with Crippen LogP contribution in [-0.2, 0) is 11.3 Å². The lowest BCUT2D eigenvalue weighted by Crippen LogP contribution is -2.30. The quantitative estimate of drug-likeness (QED) is 0.826. The highest BCUT2D eigenvalue weighted by Gasteiger charge is 2.21. The molecule has 0 bridgehead atoms. The van der Waals surface area contributed by atoms with Gasteiger partial charge < -0.3 is 14.8 Å². The molecular formula is C16H21N5O3. The van der Waals surface area contributed by atoms with E-state index in [1.165, 1.54) is 12.8 Å². The first-order valence-corrected chi connectivity index (χ1v) is 8.06. The van der Waals surface area contributed by atoms with Crippen molar-refractivity contribution in [2.75, 3.05) is 13.7 Å². The highest BCUT2D eigenvalue weighted by Crippen LogP contribution is 2.28. The van der Waals surface area contributed by atoms with Crippen LogP contribution >= 0.6 is 0 Å². The van der Waals surface area contributed by atoms with Gasteiger partial charge in [-0.05, 0) is 47.5 Å². The van der Waals surface area contributed by atoms with Crippen molar-refractivity contribution in [3.8, 4) is 11.5 Å². The number of carbonyl (C=O) groups is 1. The molecule has 1 aromatic carbocycles. The Morgan fingerprint density at radius 2 is 1.96 bits per heavy atom. The lowest BCUT2D eigenvalue weighted by Gasteiger charge is -2.12. The predicted molar refractivity (Wildman–Crippen MR) is 85.7 cm³/mol. The zero-order chi connectivity index (χ0) is 16.8. The Morgan fingerprint density at radius 1 is 1.25 bits per heavy atom. The van der Waals surface area contributed by atoms with Gasteiger partial charge in [-0.25, -0.2) is 4.68 Å². The van der Waals surface area contributed by atoms with Gasteiger partial charge in [-0.2, -0.15) is 0 Å². The largest absolute Gasteiger partial charge is 0.497 e. The number of tetrazole rings is 1. The van der Waals surface area contributed by atoms with Crippen LogP contribution in [0.3, 0.4) is 0 Å². The highest BCUT2D eigenvalue weighted by molar-refractivity contribution is 5.77. The number of benzene rings is 1. The molecule has 1 fully saturated rings. The second-order valence-electron chi connectivity index (χ2n) is 5.72. The van der Waals surface area contributed by atoms with Crippen LogP contribution in [-0.4, -0.2) is 39.8 Å². The summed E-state index contributed by atoms with van der Waals surface area (Å²) in [6, 6.07) is 7.42. The van der Waals surface area contributed by atoms with E-state index in [-0.39, 0.29) is 12.5 Å². The fourth-order valence-electron chi connectivity index (χ4n) is 2.81. The third-order valence-corrected chi connectivity index (χ3v) is 4.10. The van der Waals surface area contributed by atoms with Crippen molar-refractivity contribution >= 4 is 5.91 Å². The van der Waals surface area contributed by atoms with E-state index in [0.717, 1.165) is 18.6 Å². The molecule has 0 spiro atoms. The summed E-state index contributed by atoms with van der Waals surface area (Å²) in [4.78, 5) is 11.9. The summed E-state index contributed by atoms with van der Waals surface area (Å²) in [5, 5.41) is 14.6. The molecule has 1 N–H and O–H groups in total. The molecule has 1 aromatic heterocycles. The van der Waals surface area contributed by atoms with Gasteiger partial charge in [0.05, 0.1) is 19.7 Å². The van der Waals surface area contributed by atoms with Crippen molar-refractivity contribution in [3.63, 3.8) is 0 Å². The minimum absolute atomic E-state index is 0.0582. The van der Waals surface area contributed by atoms with Gasteiger partial charge in [0.1, 0.15) is 11.5 Å². The fraction of sp³-hybridized carbons (Fsp3) is 0.500. The van der Waals surface area contributed by atoms with Gasteiger partial charge in [0.15, 0.2) is 12.4 Å². The van der Waals surface area contributed by atoms with E-state index in [9.17, 15) is 4.79 Å². The number of nitrogens with one attached hydrogen (secondary N) is 1. The molecule has 2 aromatic rings. The lowest BCUT2D eigenvalue weighted by molar-refractivity contribution is -0.123. The van der Waals surface area contributed by atoms with Gasteiger partial charge in [-0.3, -0.25) is 4.79 Å². The van der Waals surface area contributed by atoms with E-state index < -0.39 is 0 Å². The molecular weight excluding hydrogens is 310 g/mol. The molecule has 0 radical (unpaired) electrons. The number of ether oxygens (including phenoxy) is 2. The number of nitrogens with zero attached hydrogens (tertiary/aromatic N) is 4. The summed E-state index contributed by atoms with van der Waals surface area (Å²) in [6.45, 7) is 0.242. The summed E-state index contributed by atoms with van der Waals surface area (Å²) in [5.41, 5.74) is 0. The first kappa shape index (κ1) is 16.2. The Hall–Kier alpha value is -2.64. The normalized spacial score (nSPS) is 14.5. The van der Waals surface area contributed by atoms with Gasteiger partial charge in [0.25, 0.3) is 5.91 Å². The predicted octanol–water partition coefficient (Wildman–Crippen LogP) is 1.49. The lowest BCUT2D eigenvalue weighted by atomic mass is 10.2. The summed E-state index contributed by atoms with van der Waals surface area (Å²) in [7, 11) is 1.60.